The van der Waals surface area contributed by atoms with Gasteiger partial charge in [0.05, 0.1) is 0 Å². The maximum absolute atomic E-state index is 13.8. The number of piperazine rings is 1. The number of halogens is 2. The molecule has 1 aromatic rings. The summed E-state index contributed by atoms with van der Waals surface area (Å²) >= 11 is 5.76. The van der Waals surface area contributed by atoms with Crippen molar-refractivity contribution in [1.82, 2.24) is 10.2 Å². The van der Waals surface area contributed by atoms with Crippen molar-refractivity contribution in [3.8, 4) is 0 Å². The van der Waals surface area contributed by atoms with Gasteiger partial charge in [0.1, 0.15) is 5.82 Å². The molecule has 0 aliphatic carbocycles. The number of hydrogen-bond donors (Lipinski definition) is 1. The molecule has 1 aliphatic heterocycles. The quantitative estimate of drug-likeness (QED) is 0.908. The first-order chi connectivity index (χ1) is 8.52. The highest BCUT2D eigenvalue weighted by Gasteiger charge is 2.28. The Morgan fingerprint density at radius 3 is 2.94 bits per heavy atom. The van der Waals surface area contributed by atoms with Crippen molar-refractivity contribution in [1.29, 1.82) is 0 Å². The van der Waals surface area contributed by atoms with Gasteiger partial charge in [0.25, 0.3) is 0 Å². The molecule has 4 heteroatoms. The summed E-state index contributed by atoms with van der Waals surface area (Å²) in [5.74, 6) is -0.209. The van der Waals surface area contributed by atoms with Gasteiger partial charge in [-0.2, -0.15) is 0 Å². The van der Waals surface area contributed by atoms with E-state index in [2.05, 4.69) is 24.1 Å². The molecule has 1 atom stereocenters. The number of nitrogens with one attached hydrogen (secondary N) is 1. The summed E-state index contributed by atoms with van der Waals surface area (Å²) in [5, 5.41) is 3.98. The Labute approximate surface area is 113 Å². The molecular formula is C14H20ClFN2. The molecule has 0 amide bonds. The molecule has 0 aromatic heterocycles. The summed E-state index contributed by atoms with van der Waals surface area (Å²) in [6.07, 6.45) is 1.08. The van der Waals surface area contributed by atoms with Crippen LogP contribution in [0.3, 0.4) is 0 Å². The van der Waals surface area contributed by atoms with Crippen molar-refractivity contribution in [3.05, 3.63) is 34.6 Å². The Bertz CT molecular complexity index is 424. The monoisotopic (exact) mass is 270 g/mol. The fourth-order valence-electron chi connectivity index (χ4n) is 2.41. The zero-order chi connectivity index (χ0) is 13.2. The average molecular weight is 271 g/mol. The van der Waals surface area contributed by atoms with Crippen LogP contribution in [0.25, 0.3) is 0 Å². The molecule has 1 heterocycles. The lowest BCUT2D eigenvalue weighted by Gasteiger charge is -2.41. The van der Waals surface area contributed by atoms with Gasteiger partial charge < -0.3 is 5.32 Å². The highest BCUT2D eigenvalue weighted by atomic mass is 35.5. The van der Waals surface area contributed by atoms with E-state index in [0.29, 0.717) is 11.6 Å². The standard InChI is InChI=1S/C14H20ClFN2/c1-3-14(2)10-18(7-6-17-14)9-11-4-5-12(15)8-13(11)16/h4-5,8,17H,3,6-7,9-10H2,1-2H3. The summed E-state index contributed by atoms with van der Waals surface area (Å²) in [6.45, 7) is 7.92. The summed E-state index contributed by atoms with van der Waals surface area (Å²) < 4.78 is 13.8. The van der Waals surface area contributed by atoms with E-state index < -0.39 is 0 Å². The van der Waals surface area contributed by atoms with Crippen LogP contribution < -0.4 is 5.32 Å². The van der Waals surface area contributed by atoms with Gasteiger partial charge in [-0.3, -0.25) is 4.90 Å². The van der Waals surface area contributed by atoms with E-state index in [0.717, 1.165) is 31.6 Å². The summed E-state index contributed by atoms with van der Waals surface area (Å²) in [7, 11) is 0. The fraction of sp³-hybridized carbons (Fsp3) is 0.571. The van der Waals surface area contributed by atoms with Gasteiger partial charge >= 0.3 is 0 Å². The molecule has 1 saturated heterocycles. The number of benzene rings is 1. The van der Waals surface area contributed by atoms with Crippen LogP contribution in [0.4, 0.5) is 4.39 Å². The van der Waals surface area contributed by atoms with E-state index in [9.17, 15) is 4.39 Å². The van der Waals surface area contributed by atoms with Crippen LogP contribution in [0.5, 0.6) is 0 Å². The molecule has 1 fully saturated rings. The Morgan fingerprint density at radius 2 is 2.28 bits per heavy atom. The second kappa shape index (κ2) is 5.55. The van der Waals surface area contributed by atoms with Crippen molar-refractivity contribution >= 4 is 11.6 Å². The van der Waals surface area contributed by atoms with Gasteiger partial charge in [-0.05, 0) is 25.5 Å². The van der Waals surface area contributed by atoms with Crippen LogP contribution in [0, 0.1) is 5.82 Å². The van der Waals surface area contributed by atoms with Crippen LogP contribution in [0.15, 0.2) is 18.2 Å². The van der Waals surface area contributed by atoms with Crippen LogP contribution in [0.2, 0.25) is 5.02 Å². The van der Waals surface area contributed by atoms with Crippen molar-refractivity contribution < 1.29 is 4.39 Å². The first kappa shape index (κ1) is 13.8. The molecule has 2 nitrogen and oxygen atoms in total. The van der Waals surface area contributed by atoms with Gasteiger partial charge in [-0.1, -0.05) is 24.6 Å². The molecule has 0 saturated carbocycles. The number of rotatable bonds is 3. The molecule has 100 valence electrons. The maximum Gasteiger partial charge on any atom is 0.129 e. The maximum atomic E-state index is 13.8. The van der Waals surface area contributed by atoms with Gasteiger partial charge in [0.15, 0.2) is 0 Å². The largest absolute Gasteiger partial charge is 0.309 e. The van der Waals surface area contributed by atoms with Crippen molar-refractivity contribution in [2.24, 2.45) is 0 Å². The number of hydrogen-bond acceptors (Lipinski definition) is 2. The molecule has 1 N–H and O–H groups in total. The SMILES string of the molecule is CCC1(C)CN(Cc2ccc(Cl)cc2F)CCN1. The molecule has 0 spiro atoms. The van der Waals surface area contributed by atoms with E-state index in [1.54, 1.807) is 12.1 Å². The third-order valence-corrected chi connectivity index (χ3v) is 3.98. The van der Waals surface area contributed by atoms with Crippen LogP contribution in [-0.4, -0.2) is 30.1 Å². The molecule has 2 rings (SSSR count). The zero-order valence-electron chi connectivity index (χ0n) is 11.0. The van der Waals surface area contributed by atoms with Crippen LogP contribution in [0.1, 0.15) is 25.8 Å². The minimum absolute atomic E-state index is 0.140. The Morgan fingerprint density at radius 1 is 1.50 bits per heavy atom. The average Bonchev–Trinajstić information content (AvgIpc) is 2.33. The first-order valence-corrected chi connectivity index (χ1v) is 6.81. The Hall–Kier alpha value is -0.640. The predicted molar refractivity (Wildman–Crippen MR) is 73.4 cm³/mol. The molecule has 0 radical (unpaired) electrons. The van der Waals surface area contributed by atoms with Gasteiger partial charge in [0, 0.05) is 42.3 Å². The summed E-state index contributed by atoms with van der Waals surface area (Å²) in [5.41, 5.74) is 0.862. The van der Waals surface area contributed by atoms with Crippen LogP contribution in [-0.2, 0) is 6.54 Å². The lowest BCUT2D eigenvalue weighted by Crippen LogP contribution is -2.58. The highest BCUT2D eigenvalue weighted by Crippen LogP contribution is 2.20. The molecule has 1 aliphatic rings. The first-order valence-electron chi connectivity index (χ1n) is 6.44. The van der Waals surface area contributed by atoms with Crippen molar-refractivity contribution in [3.63, 3.8) is 0 Å². The zero-order valence-corrected chi connectivity index (χ0v) is 11.7. The van der Waals surface area contributed by atoms with E-state index in [4.69, 9.17) is 11.6 Å². The van der Waals surface area contributed by atoms with Crippen molar-refractivity contribution in [2.75, 3.05) is 19.6 Å². The highest BCUT2D eigenvalue weighted by molar-refractivity contribution is 6.30. The van der Waals surface area contributed by atoms with E-state index in [1.165, 1.54) is 6.07 Å². The molecule has 0 bridgehead atoms. The molecule has 18 heavy (non-hydrogen) atoms. The van der Waals surface area contributed by atoms with E-state index in [1.807, 2.05) is 0 Å². The minimum atomic E-state index is -0.209. The minimum Gasteiger partial charge on any atom is -0.309 e. The summed E-state index contributed by atoms with van der Waals surface area (Å²) in [6, 6.07) is 4.92. The normalized spacial score (nSPS) is 25.3. The Kier molecular flexibility index (Phi) is 4.25. The third kappa shape index (κ3) is 3.22. The van der Waals surface area contributed by atoms with Crippen molar-refractivity contribution in [2.45, 2.75) is 32.4 Å². The molecular weight excluding hydrogens is 251 g/mol. The molecule has 1 aromatic carbocycles. The van der Waals surface area contributed by atoms with Crippen LogP contribution >= 0.6 is 11.6 Å². The van der Waals surface area contributed by atoms with Gasteiger partial charge in [-0.15, -0.1) is 0 Å². The topological polar surface area (TPSA) is 15.3 Å². The van der Waals surface area contributed by atoms with E-state index >= 15 is 0 Å². The second-order valence-corrected chi connectivity index (χ2v) is 5.72. The lowest BCUT2D eigenvalue weighted by atomic mass is 9.95. The van der Waals surface area contributed by atoms with Gasteiger partial charge in [0.2, 0.25) is 0 Å². The van der Waals surface area contributed by atoms with E-state index in [-0.39, 0.29) is 11.4 Å². The smallest absolute Gasteiger partial charge is 0.129 e. The third-order valence-electron chi connectivity index (χ3n) is 3.74. The fourth-order valence-corrected chi connectivity index (χ4v) is 2.57. The second-order valence-electron chi connectivity index (χ2n) is 5.29. The summed E-state index contributed by atoms with van der Waals surface area (Å²) in [4.78, 5) is 2.30. The van der Waals surface area contributed by atoms with Gasteiger partial charge in [-0.25, -0.2) is 4.39 Å². The Balaban J connectivity index is 2.05. The lowest BCUT2D eigenvalue weighted by molar-refractivity contribution is 0.132. The predicted octanol–water partition coefficient (Wildman–Crippen LogP) is 3.05. The molecule has 1 unspecified atom stereocenters. The number of nitrogens with zero attached hydrogens (tertiary/aromatic N) is 1.